The molecule has 1 unspecified atom stereocenters. The van der Waals surface area contributed by atoms with Gasteiger partial charge in [-0.05, 0) is 63.1 Å². The van der Waals surface area contributed by atoms with Crippen LogP contribution in [0.1, 0.15) is 46.3 Å². The first-order valence-electron chi connectivity index (χ1n) is 9.34. The largest absolute Gasteiger partial charge is 0.469 e. The minimum absolute atomic E-state index is 0.145. The van der Waals surface area contributed by atoms with E-state index in [0.29, 0.717) is 19.3 Å². The minimum atomic E-state index is -4.53. The maximum Gasteiger partial charge on any atom is 0.469 e. The number of benzene rings is 1. The van der Waals surface area contributed by atoms with E-state index in [4.69, 9.17) is 15.5 Å². The highest BCUT2D eigenvalue weighted by molar-refractivity contribution is 7.99. The van der Waals surface area contributed by atoms with Crippen molar-refractivity contribution in [3.05, 3.63) is 51.7 Å². The lowest BCUT2D eigenvalue weighted by molar-refractivity contribution is 0.0986. The highest BCUT2D eigenvalue weighted by Gasteiger charge is 2.24. The van der Waals surface area contributed by atoms with Gasteiger partial charge in [-0.1, -0.05) is 17.7 Å². The topological polar surface area (TPSA) is 110 Å². The Balaban J connectivity index is 1.73. The summed E-state index contributed by atoms with van der Waals surface area (Å²) in [6, 6.07) is 12.1. The second-order valence-corrected chi connectivity index (χ2v) is 10.9. The summed E-state index contributed by atoms with van der Waals surface area (Å²) in [5.74, 6) is 1.05. The summed E-state index contributed by atoms with van der Waals surface area (Å²) < 4.78 is 15.3. The van der Waals surface area contributed by atoms with Crippen LogP contribution in [0, 0.1) is 6.92 Å². The number of carbonyl (C=O) groups excluding carboxylic acids is 1. The zero-order valence-electron chi connectivity index (χ0n) is 16.7. The number of nitrogens with two attached hydrogens (primary N) is 1. The minimum Gasteiger partial charge on any atom is -0.323 e. The van der Waals surface area contributed by atoms with E-state index in [9.17, 15) is 9.36 Å². The first kappa shape index (κ1) is 24.3. The zero-order chi connectivity index (χ0) is 21.5. The Hall–Kier alpha value is -0.990. The predicted octanol–water partition coefficient (Wildman–Crippen LogP) is 4.57. The molecule has 0 bridgehead atoms. The van der Waals surface area contributed by atoms with Crippen LogP contribution in [0.25, 0.3) is 0 Å². The van der Waals surface area contributed by atoms with Crippen molar-refractivity contribution in [3.8, 4) is 0 Å². The van der Waals surface area contributed by atoms with Crippen LogP contribution < -0.4 is 5.73 Å². The summed E-state index contributed by atoms with van der Waals surface area (Å²) in [6.45, 7) is 3.52. The molecular formula is C20H28NO5PS2. The number of rotatable bonds is 12. The van der Waals surface area contributed by atoms with Crippen molar-refractivity contribution >= 4 is 36.7 Å². The van der Waals surface area contributed by atoms with Crippen molar-refractivity contribution in [1.82, 2.24) is 0 Å². The highest BCUT2D eigenvalue weighted by Crippen LogP contribution is 2.37. The van der Waals surface area contributed by atoms with Crippen LogP contribution in [0.3, 0.4) is 0 Å². The van der Waals surface area contributed by atoms with Crippen LogP contribution in [-0.2, 0) is 15.5 Å². The summed E-state index contributed by atoms with van der Waals surface area (Å²) in [4.78, 5) is 33.0. The zero-order valence-corrected chi connectivity index (χ0v) is 19.2. The molecule has 9 heteroatoms. The van der Waals surface area contributed by atoms with Gasteiger partial charge in [-0.2, -0.15) is 0 Å². The van der Waals surface area contributed by atoms with Crippen molar-refractivity contribution in [1.29, 1.82) is 0 Å². The molecule has 2 rings (SSSR count). The monoisotopic (exact) mass is 457 g/mol. The summed E-state index contributed by atoms with van der Waals surface area (Å²) >= 11 is 3.21. The number of ketones is 1. The van der Waals surface area contributed by atoms with Gasteiger partial charge in [0.15, 0.2) is 5.78 Å². The number of aryl methyl sites for hydroxylation is 2. The third kappa shape index (κ3) is 9.57. The van der Waals surface area contributed by atoms with Crippen LogP contribution in [-0.4, -0.2) is 33.5 Å². The molecule has 6 nitrogen and oxygen atoms in total. The smallest absolute Gasteiger partial charge is 0.323 e. The van der Waals surface area contributed by atoms with Gasteiger partial charge in [0.05, 0.1) is 11.5 Å². The van der Waals surface area contributed by atoms with Crippen LogP contribution >= 0.6 is 30.9 Å². The number of hydrogen-bond donors (Lipinski definition) is 3. The van der Waals surface area contributed by atoms with Gasteiger partial charge in [0.25, 0.3) is 0 Å². The van der Waals surface area contributed by atoms with E-state index in [0.717, 1.165) is 21.9 Å². The third-order valence-corrected chi connectivity index (χ3v) is 7.03. The van der Waals surface area contributed by atoms with E-state index in [1.807, 2.05) is 12.1 Å². The Kier molecular flexibility index (Phi) is 9.10. The molecular weight excluding hydrogens is 429 g/mol. The fourth-order valence-electron chi connectivity index (χ4n) is 2.56. The second-order valence-electron chi connectivity index (χ2n) is 7.37. The molecule has 0 fully saturated rings. The van der Waals surface area contributed by atoms with Gasteiger partial charge in [-0.15, -0.1) is 23.1 Å². The van der Waals surface area contributed by atoms with Crippen LogP contribution in [0.5, 0.6) is 0 Å². The summed E-state index contributed by atoms with van der Waals surface area (Å²) in [6.07, 6.45) is 2.46. The molecule has 4 N–H and O–H groups in total. The van der Waals surface area contributed by atoms with E-state index in [1.54, 1.807) is 18.7 Å². The molecule has 1 aromatic carbocycles. The Bertz CT molecular complexity index is 845. The first-order chi connectivity index (χ1) is 13.5. The predicted molar refractivity (Wildman–Crippen MR) is 119 cm³/mol. The van der Waals surface area contributed by atoms with Gasteiger partial charge in [-0.25, -0.2) is 4.57 Å². The maximum absolute atomic E-state index is 12.4. The molecule has 1 aromatic heterocycles. The van der Waals surface area contributed by atoms with Crippen LogP contribution in [0.2, 0.25) is 0 Å². The molecule has 0 amide bonds. The Morgan fingerprint density at radius 3 is 2.59 bits per heavy atom. The summed E-state index contributed by atoms with van der Waals surface area (Å²) in [5.41, 5.74) is 6.42. The van der Waals surface area contributed by atoms with Crippen molar-refractivity contribution in [3.63, 3.8) is 0 Å². The van der Waals surface area contributed by atoms with E-state index < -0.39 is 13.4 Å². The maximum atomic E-state index is 12.4. The summed E-state index contributed by atoms with van der Waals surface area (Å²) in [7, 11) is -4.53. The molecule has 0 saturated carbocycles. The Labute approximate surface area is 180 Å². The standard InChI is InChI=1S/C20H28NO5PS2/c1-15-5-7-16(8-6-15)28-13-3-4-18(22)19-10-9-17(29-19)11-12-20(2,21)14-26-27(23,24)25/h5-10H,3-4,11-14,21H2,1-2H3,(H2,23,24,25). The third-order valence-electron chi connectivity index (χ3n) is 4.28. The average Bonchev–Trinajstić information content (AvgIpc) is 3.12. The van der Waals surface area contributed by atoms with Gasteiger partial charge < -0.3 is 15.5 Å². The first-order valence-corrected chi connectivity index (χ1v) is 12.7. The lowest BCUT2D eigenvalue weighted by Gasteiger charge is -2.24. The Morgan fingerprint density at radius 2 is 1.93 bits per heavy atom. The molecule has 160 valence electrons. The second kappa shape index (κ2) is 10.9. The van der Waals surface area contributed by atoms with E-state index >= 15 is 0 Å². The normalized spacial score (nSPS) is 14.0. The number of phosphoric ester groups is 1. The molecule has 0 aliphatic carbocycles. The Morgan fingerprint density at radius 1 is 1.24 bits per heavy atom. The average molecular weight is 458 g/mol. The van der Waals surface area contributed by atoms with Gasteiger partial charge in [0.1, 0.15) is 0 Å². The van der Waals surface area contributed by atoms with Crippen molar-refractivity contribution in [2.45, 2.75) is 50.0 Å². The molecule has 0 aliphatic heterocycles. The SMILES string of the molecule is Cc1ccc(SCCCC(=O)c2ccc(CCC(C)(N)COP(=O)(O)O)s2)cc1. The van der Waals surface area contributed by atoms with Gasteiger partial charge in [-0.3, -0.25) is 9.32 Å². The number of thioether (sulfide) groups is 1. The van der Waals surface area contributed by atoms with Crippen molar-refractivity contribution < 1.29 is 23.7 Å². The van der Waals surface area contributed by atoms with Crippen molar-refractivity contribution in [2.75, 3.05) is 12.4 Å². The molecule has 0 spiro atoms. The number of phosphoric acid groups is 1. The van der Waals surface area contributed by atoms with Gasteiger partial charge in [0, 0.05) is 21.7 Å². The number of hydrogen-bond acceptors (Lipinski definition) is 6. The fourth-order valence-corrected chi connectivity index (χ4v) is 4.85. The number of Topliss-reactive ketones (excluding diaryl/α,β-unsaturated/α-hetero) is 1. The quantitative estimate of drug-likeness (QED) is 0.185. The van der Waals surface area contributed by atoms with Gasteiger partial charge >= 0.3 is 7.82 Å². The molecule has 0 saturated heterocycles. The highest BCUT2D eigenvalue weighted by atomic mass is 32.2. The lowest BCUT2D eigenvalue weighted by atomic mass is 9.98. The number of carbonyl (C=O) groups is 1. The lowest BCUT2D eigenvalue weighted by Crippen LogP contribution is -2.41. The molecule has 0 radical (unpaired) electrons. The van der Waals surface area contributed by atoms with E-state index in [1.165, 1.54) is 21.8 Å². The fraction of sp³-hybridized carbons (Fsp3) is 0.450. The molecule has 1 heterocycles. The number of thiophene rings is 1. The van der Waals surface area contributed by atoms with Crippen LogP contribution in [0.4, 0.5) is 0 Å². The van der Waals surface area contributed by atoms with E-state index in [2.05, 4.69) is 35.7 Å². The molecule has 29 heavy (non-hydrogen) atoms. The molecule has 1 atom stereocenters. The van der Waals surface area contributed by atoms with E-state index in [-0.39, 0.29) is 12.4 Å². The van der Waals surface area contributed by atoms with Crippen molar-refractivity contribution in [2.24, 2.45) is 5.73 Å². The molecule has 2 aromatic rings. The van der Waals surface area contributed by atoms with Gasteiger partial charge in [0.2, 0.25) is 0 Å². The summed E-state index contributed by atoms with van der Waals surface area (Å²) in [5, 5.41) is 0. The molecule has 0 aliphatic rings. The van der Waals surface area contributed by atoms with Crippen LogP contribution in [0.15, 0.2) is 41.3 Å².